The Hall–Kier alpha value is -0.740. The molecule has 1 N–H and O–H groups in total. The van der Waals surface area contributed by atoms with Crippen molar-refractivity contribution in [1.82, 2.24) is 0 Å². The lowest BCUT2D eigenvalue weighted by Gasteiger charge is -2.29. The standard InChI is InChI=1S/C17H28O/c1-4-16(17(2,3)14-18)13-9-8-12-15-10-6-5-7-11-15/h4,15-16,18H,1,5-7,9-11,13-14H2,2-3H3. The highest BCUT2D eigenvalue weighted by Gasteiger charge is 2.25. The average molecular weight is 248 g/mol. The molecule has 1 aliphatic rings. The van der Waals surface area contributed by atoms with Gasteiger partial charge in [-0.15, -0.1) is 12.5 Å². The van der Waals surface area contributed by atoms with E-state index in [1.165, 1.54) is 32.1 Å². The molecular weight excluding hydrogens is 220 g/mol. The van der Waals surface area contributed by atoms with Gasteiger partial charge in [-0.25, -0.2) is 0 Å². The summed E-state index contributed by atoms with van der Waals surface area (Å²) < 4.78 is 0. The van der Waals surface area contributed by atoms with Crippen molar-refractivity contribution in [3.05, 3.63) is 12.7 Å². The summed E-state index contributed by atoms with van der Waals surface area (Å²) in [5, 5.41) is 9.37. The highest BCUT2D eigenvalue weighted by Crippen LogP contribution is 2.30. The minimum Gasteiger partial charge on any atom is -0.396 e. The third kappa shape index (κ3) is 4.86. The maximum Gasteiger partial charge on any atom is 0.0487 e. The van der Waals surface area contributed by atoms with Crippen LogP contribution >= 0.6 is 0 Å². The molecule has 0 amide bonds. The number of hydrogen-bond donors (Lipinski definition) is 1. The van der Waals surface area contributed by atoms with Gasteiger partial charge in [0, 0.05) is 18.9 Å². The van der Waals surface area contributed by atoms with Gasteiger partial charge in [0.2, 0.25) is 0 Å². The SMILES string of the molecule is C=CC(CCC#CC1CCCCC1)C(C)(C)CO. The molecule has 1 heteroatoms. The largest absolute Gasteiger partial charge is 0.396 e. The molecular formula is C17H28O. The van der Waals surface area contributed by atoms with Crippen molar-refractivity contribution in [2.45, 2.75) is 58.8 Å². The molecule has 0 aromatic heterocycles. The first-order valence-corrected chi connectivity index (χ1v) is 7.32. The number of aliphatic hydroxyl groups excluding tert-OH is 1. The van der Waals surface area contributed by atoms with Crippen LogP contribution in [0.15, 0.2) is 12.7 Å². The molecule has 0 spiro atoms. The Balaban J connectivity index is 2.35. The molecule has 102 valence electrons. The molecule has 1 nitrogen and oxygen atoms in total. The number of hydrogen-bond acceptors (Lipinski definition) is 1. The van der Waals surface area contributed by atoms with Crippen molar-refractivity contribution < 1.29 is 5.11 Å². The molecule has 1 aliphatic carbocycles. The van der Waals surface area contributed by atoms with Gasteiger partial charge >= 0.3 is 0 Å². The number of allylic oxidation sites excluding steroid dienone is 1. The van der Waals surface area contributed by atoms with E-state index in [9.17, 15) is 5.11 Å². The maximum absolute atomic E-state index is 9.37. The summed E-state index contributed by atoms with van der Waals surface area (Å²) in [7, 11) is 0. The summed E-state index contributed by atoms with van der Waals surface area (Å²) >= 11 is 0. The molecule has 0 heterocycles. The van der Waals surface area contributed by atoms with Crippen LogP contribution < -0.4 is 0 Å². The van der Waals surface area contributed by atoms with Crippen molar-refractivity contribution in [2.75, 3.05) is 6.61 Å². The van der Waals surface area contributed by atoms with Crippen LogP contribution in [0.5, 0.6) is 0 Å². The summed E-state index contributed by atoms with van der Waals surface area (Å²) in [6.07, 6.45) is 10.6. The molecule has 1 fully saturated rings. The fourth-order valence-corrected chi connectivity index (χ4v) is 2.64. The van der Waals surface area contributed by atoms with E-state index < -0.39 is 0 Å². The summed E-state index contributed by atoms with van der Waals surface area (Å²) in [5.74, 6) is 7.76. The van der Waals surface area contributed by atoms with Crippen LogP contribution in [0.3, 0.4) is 0 Å². The van der Waals surface area contributed by atoms with Crippen LogP contribution in [-0.4, -0.2) is 11.7 Å². The van der Waals surface area contributed by atoms with Crippen LogP contribution in [0, 0.1) is 29.1 Å². The van der Waals surface area contributed by atoms with E-state index in [0.29, 0.717) is 11.8 Å². The van der Waals surface area contributed by atoms with E-state index >= 15 is 0 Å². The smallest absolute Gasteiger partial charge is 0.0487 e. The lowest BCUT2D eigenvalue weighted by molar-refractivity contribution is 0.114. The van der Waals surface area contributed by atoms with Gasteiger partial charge in [-0.05, 0) is 30.6 Å². The highest BCUT2D eigenvalue weighted by atomic mass is 16.3. The van der Waals surface area contributed by atoms with E-state index in [1.807, 2.05) is 6.08 Å². The summed E-state index contributed by atoms with van der Waals surface area (Å²) in [4.78, 5) is 0. The third-order valence-electron chi connectivity index (χ3n) is 4.19. The summed E-state index contributed by atoms with van der Waals surface area (Å²) in [6.45, 7) is 8.27. The van der Waals surface area contributed by atoms with Gasteiger partial charge in [0.15, 0.2) is 0 Å². The molecule has 0 aromatic carbocycles. The van der Waals surface area contributed by atoms with E-state index in [-0.39, 0.29) is 12.0 Å². The highest BCUT2D eigenvalue weighted by molar-refractivity contribution is 5.05. The van der Waals surface area contributed by atoms with Crippen LogP contribution in [0.2, 0.25) is 0 Å². The van der Waals surface area contributed by atoms with Crippen molar-refractivity contribution in [2.24, 2.45) is 17.3 Å². The monoisotopic (exact) mass is 248 g/mol. The molecule has 18 heavy (non-hydrogen) atoms. The van der Waals surface area contributed by atoms with Gasteiger partial charge in [0.25, 0.3) is 0 Å². The van der Waals surface area contributed by atoms with Gasteiger partial charge < -0.3 is 5.11 Å². The molecule has 1 rings (SSSR count). The van der Waals surface area contributed by atoms with Crippen molar-refractivity contribution in [3.63, 3.8) is 0 Å². The Morgan fingerprint density at radius 1 is 1.33 bits per heavy atom. The Morgan fingerprint density at radius 2 is 2.00 bits per heavy atom. The number of rotatable bonds is 5. The first kappa shape index (κ1) is 15.3. The average Bonchev–Trinajstić information content (AvgIpc) is 2.39. The molecule has 1 unspecified atom stereocenters. The van der Waals surface area contributed by atoms with Crippen LogP contribution in [0.25, 0.3) is 0 Å². The second-order valence-electron chi connectivity index (χ2n) is 6.18. The predicted octanol–water partition coefficient (Wildman–Crippen LogP) is 4.17. The Morgan fingerprint density at radius 3 is 2.56 bits per heavy atom. The molecule has 1 saturated carbocycles. The van der Waals surface area contributed by atoms with Gasteiger partial charge in [0.1, 0.15) is 0 Å². The normalized spacial score (nSPS) is 18.8. The fraction of sp³-hybridized carbons (Fsp3) is 0.765. The minimum atomic E-state index is -0.0751. The molecule has 1 atom stereocenters. The fourth-order valence-electron chi connectivity index (χ4n) is 2.64. The Labute approximate surface area is 113 Å². The molecule has 0 aromatic rings. The number of aliphatic hydroxyl groups is 1. The van der Waals surface area contributed by atoms with Crippen molar-refractivity contribution in [3.8, 4) is 11.8 Å². The van der Waals surface area contributed by atoms with Crippen molar-refractivity contribution in [1.29, 1.82) is 0 Å². The molecule has 0 aliphatic heterocycles. The lowest BCUT2D eigenvalue weighted by atomic mass is 9.77. The molecule has 0 bridgehead atoms. The van der Waals surface area contributed by atoms with E-state index in [4.69, 9.17) is 0 Å². The molecule has 0 saturated heterocycles. The zero-order valence-corrected chi connectivity index (χ0v) is 12.0. The zero-order valence-electron chi connectivity index (χ0n) is 12.0. The van der Waals surface area contributed by atoms with Gasteiger partial charge in [-0.1, -0.05) is 45.1 Å². The topological polar surface area (TPSA) is 20.2 Å². The lowest BCUT2D eigenvalue weighted by Crippen LogP contribution is -2.26. The van der Waals surface area contributed by atoms with Gasteiger partial charge in [-0.2, -0.15) is 0 Å². The third-order valence-corrected chi connectivity index (χ3v) is 4.19. The van der Waals surface area contributed by atoms with Crippen LogP contribution in [-0.2, 0) is 0 Å². The summed E-state index contributed by atoms with van der Waals surface area (Å²) in [5.41, 5.74) is -0.0751. The van der Waals surface area contributed by atoms with Gasteiger partial charge in [0.05, 0.1) is 0 Å². The zero-order chi connectivity index (χ0) is 13.4. The minimum absolute atomic E-state index is 0.0751. The van der Waals surface area contributed by atoms with E-state index in [2.05, 4.69) is 32.3 Å². The van der Waals surface area contributed by atoms with Crippen LogP contribution in [0.4, 0.5) is 0 Å². The van der Waals surface area contributed by atoms with Crippen molar-refractivity contribution >= 4 is 0 Å². The van der Waals surface area contributed by atoms with Crippen LogP contribution in [0.1, 0.15) is 58.8 Å². The Bertz CT molecular complexity index is 299. The predicted molar refractivity (Wildman–Crippen MR) is 78.1 cm³/mol. The first-order chi connectivity index (χ1) is 8.60. The second-order valence-corrected chi connectivity index (χ2v) is 6.18. The van der Waals surface area contributed by atoms with E-state index in [1.54, 1.807) is 0 Å². The maximum atomic E-state index is 9.37. The quantitative estimate of drug-likeness (QED) is 0.572. The first-order valence-electron chi connectivity index (χ1n) is 7.32. The molecule has 0 radical (unpaired) electrons. The van der Waals surface area contributed by atoms with E-state index in [0.717, 1.165) is 12.8 Å². The Kier molecular flexibility index (Phi) is 6.50. The summed E-state index contributed by atoms with van der Waals surface area (Å²) in [6, 6.07) is 0. The second kappa shape index (κ2) is 7.64. The van der Waals surface area contributed by atoms with Gasteiger partial charge in [-0.3, -0.25) is 0 Å².